The van der Waals surface area contributed by atoms with Gasteiger partial charge in [-0.05, 0) is 50.8 Å². The standard InChI is InChI=1S/C12H16N4OS/c1-7-10-11(14-6-15-12(10)18-16-7)17-9-3-8(4-9)5-13-2/h6,8-9,13H,3-5H2,1-2H3. The SMILES string of the molecule is CNCC1CC(Oc2ncnc3snc(C)c23)C1. The maximum Gasteiger partial charge on any atom is 0.227 e. The van der Waals surface area contributed by atoms with Crippen molar-refractivity contribution >= 4 is 21.7 Å². The molecule has 6 heteroatoms. The molecule has 96 valence electrons. The Morgan fingerprint density at radius 2 is 2.28 bits per heavy atom. The molecule has 0 spiro atoms. The van der Waals surface area contributed by atoms with Gasteiger partial charge in [0.25, 0.3) is 0 Å². The summed E-state index contributed by atoms with van der Waals surface area (Å²) in [5, 5.41) is 4.17. The summed E-state index contributed by atoms with van der Waals surface area (Å²) in [6.07, 6.45) is 4.05. The van der Waals surface area contributed by atoms with E-state index in [2.05, 4.69) is 19.7 Å². The van der Waals surface area contributed by atoms with Crippen LogP contribution in [0.4, 0.5) is 0 Å². The molecule has 0 radical (unpaired) electrons. The van der Waals surface area contributed by atoms with Crippen molar-refractivity contribution in [2.24, 2.45) is 5.92 Å². The molecule has 0 amide bonds. The minimum Gasteiger partial charge on any atom is -0.474 e. The van der Waals surface area contributed by atoms with E-state index in [1.54, 1.807) is 6.33 Å². The average molecular weight is 264 g/mol. The van der Waals surface area contributed by atoms with E-state index in [0.717, 1.165) is 41.2 Å². The van der Waals surface area contributed by atoms with E-state index < -0.39 is 0 Å². The van der Waals surface area contributed by atoms with E-state index >= 15 is 0 Å². The number of fused-ring (bicyclic) bond motifs is 1. The molecule has 18 heavy (non-hydrogen) atoms. The third-order valence-electron chi connectivity index (χ3n) is 3.37. The van der Waals surface area contributed by atoms with Gasteiger partial charge in [-0.1, -0.05) is 0 Å². The molecule has 2 heterocycles. The molecule has 3 rings (SSSR count). The summed E-state index contributed by atoms with van der Waals surface area (Å²) in [7, 11) is 1.99. The highest BCUT2D eigenvalue weighted by atomic mass is 32.1. The van der Waals surface area contributed by atoms with Gasteiger partial charge >= 0.3 is 0 Å². The van der Waals surface area contributed by atoms with Gasteiger partial charge in [0.2, 0.25) is 5.88 Å². The second-order valence-electron chi connectivity index (χ2n) is 4.76. The fourth-order valence-corrected chi connectivity index (χ4v) is 3.10. The topological polar surface area (TPSA) is 59.9 Å². The molecule has 0 bridgehead atoms. The zero-order chi connectivity index (χ0) is 12.5. The van der Waals surface area contributed by atoms with Gasteiger partial charge in [0.15, 0.2) is 4.83 Å². The summed E-state index contributed by atoms with van der Waals surface area (Å²) in [6, 6.07) is 0. The number of hydrogen-bond acceptors (Lipinski definition) is 6. The van der Waals surface area contributed by atoms with Crippen LogP contribution in [0.15, 0.2) is 6.33 Å². The van der Waals surface area contributed by atoms with Gasteiger partial charge in [-0.15, -0.1) is 0 Å². The largest absolute Gasteiger partial charge is 0.474 e. The molecular formula is C12H16N4OS. The van der Waals surface area contributed by atoms with Crippen molar-refractivity contribution in [3.8, 4) is 5.88 Å². The Kier molecular flexibility index (Phi) is 3.13. The molecule has 0 unspecified atom stereocenters. The van der Waals surface area contributed by atoms with E-state index in [0.29, 0.717) is 12.0 Å². The van der Waals surface area contributed by atoms with Crippen LogP contribution in [0.5, 0.6) is 5.88 Å². The predicted octanol–water partition coefficient (Wildman–Crippen LogP) is 1.77. The fraction of sp³-hybridized carbons (Fsp3) is 0.583. The number of rotatable bonds is 4. The van der Waals surface area contributed by atoms with Crippen molar-refractivity contribution in [1.82, 2.24) is 19.7 Å². The Hall–Kier alpha value is -1.27. The Bertz CT molecular complexity index is 550. The normalized spacial score (nSPS) is 23.0. The zero-order valence-electron chi connectivity index (χ0n) is 10.5. The molecule has 5 nitrogen and oxygen atoms in total. The summed E-state index contributed by atoms with van der Waals surface area (Å²) >= 11 is 1.40. The van der Waals surface area contributed by atoms with Crippen molar-refractivity contribution in [3.63, 3.8) is 0 Å². The molecule has 1 fully saturated rings. The number of ether oxygens (including phenoxy) is 1. The summed E-state index contributed by atoms with van der Waals surface area (Å²) in [6.45, 7) is 3.04. The Balaban J connectivity index is 1.74. The molecule has 0 atom stereocenters. The quantitative estimate of drug-likeness (QED) is 0.912. The Morgan fingerprint density at radius 3 is 3.06 bits per heavy atom. The van der Waals surface area contributed by atoms with Crippen LogP contribution < -0.4 is 10.1 Å². The van der Waals surface area contributed by atoms with Gasteiger partial charge in [-0.3, -0.25) is 0 Å². The maximum absolute atomic E-state index is 5.97. The lowest BCUT2D eigenvalue weighted by Gasteiger charge is -2.34. The monoisotopic (exact) mass is 264 g/mol. The van der Waals surface area contributed by atoms with Crippen molar-refractivity contribution in [3.05, 3.63) is 12.0 Å². The van der Waals surface area contributed by atoms with Gasteiger partial charge < -0.3 is 10.1 Å². The summed E-state index contributed by atoms with van der Waals surface area (Å²) < 4.78 is 10.3. The van der Waals surface area contributed by atoms with Crippen LogP contribution in [0.3, 0.4) is 0 Å². The second-order valence-corrected chi connectivity index (χ2v) is 5.51. The van der Waals surface area contributed by atoms with Crippen LogP contribution in [0.1, 0.15) is 18.5 Å². The lowest BCUT2D eigenvalue weighted by atomic mass is 9.82. The number of nitrogens with zero attached hydrogens (tertiary/aromatic N) is 3. The van der Waals surface area contributed by atoms with Crippen LogP contribution in [0.2, 0.25) is 0 Å². The first-order chi connectivity index (χ1) is 8.78. The van der Waals surface area contributed by atoms with Gasteiger partial charge in [-0.2, -0.15) is 4.37 Å². The molecule has 1 saturated carbocycles. The van der Waals surface area contributed by atoms with Crippen molar-refractivity contribution in [2.75, 3.05) is 13.6 Å². The summed E-state index contributed by atoms with van der Waals surface area (Å²) in [5.41, 5.74) is 0.955. The van der Waals surface area contributed by atoms with Crippen LogP contribution >= 0.6 is 11.5 Å². The van der Waals surface area contributed by atoms with Gasteiger partial charge in [0, 0.05) is 0 Å². The number of aromatic nitrogens is 3. The van der Waals surface area contributed by atoms with Crippen LogP contribution in [0, 0.1) is 12.8 Å². The lowest BCUT2D eigenvalue weighted by Crippen LogP contribution is -2.38. The first kappa shape index (κ1) is 11.8. The zero-order valence-corrected chi connectivity index (χ0v) is 11.3. The molecule has 0 aliphatic heterocycles. The van der Waals surface area contributed by atoms with Crippen molar-refractivity contribution in [1.29, 1.82) is 0 Å². The first-order valence-corrected chi connectivity index (χ1v) is 6.93. The van der Waals surface area contributed by atoms with E-state index in [-0.39, 0.29) is 0 Å². The fourth-order valence-electron chi connectivity index (χ4n) is 2.36. The molecular weight excluding hydrogens is 248 g/mol. The average Bonchev–Trinajstić information content (AvgIpc) is 2.70. The third-order valence-corrected chi connectivity index (χ3v) is 4.22. The first-order valence-electron chi connectivity index (χ1n) is 6.16. The number of hydrogen-bond donors (Lipinski definition) is 1. The number of aryl methyl sites for hydroxylation is 1. The van der Waals surface area contributed by atoms with Gasteiger partial charge in [0.1, 0.15) is 12.4 Å². The molecule has 1 aliphatic rings. The van der Waals surface area contributed by atoms with Gasteiger partial charge in [0.05, 0.1) is 11.1 Å². The third kappa shape index (κ3) is 2.06. The Morgan fingerprint density at radius 1 is 1.44 bits per heavy atom. The van der Waals surface area contributed by atoms with Crippen LogP contribution in [0.25, 0.3) is 10.2 Å². The maximum atomic E-state index is 5.97. The number of nitrogens with one attached hydrogen (secondary N) is 1. The van der Waals surface area contributed by atoms with Crippen molar-refractivity contribution in [2.45, 2.75) is 25.9 Å². The summed E-state index contributed by atoms with van der Waals surface area (Å²) in [5.74, 6) is 1.43. The minimum absolute atomic E-state index is 0.292. The van der Waals surface area contributed by atoms with Gasteiger partial charge in [-0.25, -0.2) is 9.97 Å². The highest BCUT2D eigenvalue weighted by molar-refractivity contribution is 7.13. The molecule has 0 aromatic carbocycles. The highest BCUT2D eigenvalue weighted by Crippen LogP contribution is 2.34. The van der Waals surface area contributed by atoms with E-state index in [1.165, 1.54) is 11.5 Å². The molecule has 1 aliphatic carbocycles. The minimum atomic E-state index is 0.292. The predicted molar refractivity (Wildman–Crippen MR) is 71.0 cm³/mol. The molecule has 0 saturated heterocycles. The van der Waals surface area contributed by atoms with E-state index in [4.69, 9.17) is 4.74 Å². The van der Waals surface area contributed by atoms with Crippen LogP contribution in [-0.4, -0.2) is 34.0 Å². The Labute approximate surface area is 110 Å². The second kappa shape index (κ2) is 4.78. The van der Waals surface area contributed by atoms with E-state index in [1.807, 2.05) is 14.0 Å². The molecule has 2 aromatic rings. The smallest absolute Gasteiger partial charge is 0.227 e. The summed E-state index contributed by atoms with van der Waals surface area (Å²) in [4.78, 5) is 9.37. The van der Waals surface area contributed by atoms with E-state index in [9.17, 15) is 0 Å². The molecule has 2 aromatic heterocycles. The molecule has 1 N–H and O–H groups in total. The van der Waals surface area contributed by atoms with Crippen LogP contribution in [-0.2, 0) is 0 Å². The highest BCUT2D eigenvalue weighted by Gasteiger charge is 2.31. The lowest BCUT2D eigenvalue weighted by molar-refractivity contribution is 0.0631. The van der Waals surface area contributed by atoms with Crippen molar-refractivity contribution < 1.29 is 4.74 Å².